The molecule has 1 aliphatic heterocycles. The first-order valence-corrected chi connectivity index (χ1v) is 9.68. The van der Waals surface area contributed by atoms with Gasteiger partial charge >= 0.3 is 0 Å². The van der Waals surface area contributed by atoms with Gasteiger partial charge in [0, 0.05) is 49.0 Å². The van der Waals surface area contributed by atoms with Crippen LogP contribution >= 0.6 is 0 Å². The van der Waals surface area contributed by atoms with Gasteiger partial charge < -0.3 is 9.32 Å². The first kappa shape index (κ1) is 17.5. The number of hydrogen-bond acceptors (Lipinski definition) is 7. The van der Waals surface area contributed by atoms with E-state index >= 15 is 0 Å². The van der Waals surface area contributed by atoms with Crippen LogP contribution in [0.2, 0.25) is 0 Å². The average molecular weight is 388 g/mol. The van der Waals surface area contributed by atoms with Gasteiger partial charge in [-0.05, 0) is 37.0 Å². The van der Waals surface area contributed by atoms with E-state index in [1.54, 1.807) is 41.8 Å². The van der Waals surface area contributed by atoms with Crippen LogP contribution in [0, 0.1) is 5.92 Å². The normalized spacial score (nSPS) is 15.1. The highest BCUT2D eigenvalue weighted by Gasteiger charge is 2.23. The molecule has 1 fully saturated rings. The van der Waals surface area contributed by atoms with Crippen LogP contribution in [0.5, 0.6) is 0 Å². The van der Waals surface area contributed by atoms with Crippen molar-refractivity contribution < 1.29 is 4.42 Å². The lowest BCUT2D eigenvalue weighted by molar-refractivity contribution is 0.350. The molecule has 0 unspecified atom stereocenters. The number of pyridine rings is 1. The molecule has 5 heterocycles. The summed E-state index contributed by atoms with van der Waals surface area (Å²) < 4.78 is 7.29. The molecule has 0 saturated carbocycles. The van der Waals surface area contributed by atoms with E-state index in [2.05, 4.69) is 25.1 Å². The van der Waals surface area contributed by atoms with Crippen molar-refractivity contribution in [3.8, 4) is 11.3 Å². The van der Waals surface area contributed by atoms with Crippen LogP contribution in [0.25, 0.3) is 22.2 Å². The monoisotopic (exact) mass is 388 g/mol. The molecule has 8 heteroatoms. The molecule has 1 saturated heterocycles. The number of nitrogens with zero attached hydrogens (tertiary/aromatic N) is 6. The third kappa shape index (κ3) is 3.49. The first-order valence-electron chi connectivity index (χ1n) is 9.68. The summed E-state index contributed by atoms with van der Waals surface area (Å²) in [5.41, 5.74) is 2.32. The van der Waals surface area contributed by atoms with Crippen LogP contribution in [-0.4, -0.2) is 37.8 Å². The second kappa shape index (κ2) is 7.46. The van der Waals surface area contributed by atoms with Gasteiger partial charge in [-0.1, -0.05) is 0 Å². The topological polar surface area (TPSA) is 89.9 Å². The number of aromatic nitrogens is 5. The average Bonchev–Trinajstić information content (AvgIpc) is 3.25. The van der Waals surface area contributed by atoms with Gasteiger partial charge in [-0.2, -0.15) is 5.10 Å². The molecule has 29 heavy (non-hydrogen) atoms. The van der Waals surface area contributed by atoms with E-state index in [1.165, 1.54) is 0 Å². The highest BCUT2D eigenvalue weighted by atomic mass is 16.3. The van der Waals surface area contributed by atoms with Gasteiger partial charge in [-0.15, -0.1) is 5.10 Å². The largest absolute Gasteiger partial charge is 0.460 e. The van der Waals surface area contributed by atoms with E-state index in [0.29, 0.717) is 18.2 Å². The fourth-order valence-electron chi connectivity index (χ4n) is 3.85. The molecular weight excluding hydrogens is 368 g/mol. The lowest BCUT2D eigenvalue weighted by Crippen LogP contribution is -2.37. The van der Waals surface area contributed by atoms with Crippen LogP contribution < -0.4 is 10.5 Å². The summed E-state index contributed by atoms with van der Waals surface area (Å²) in [4.78, 5) is 23.2. The molecule has 0 spiro atoms. The SMILES string of the molecule is O=c1cc(-c2ccncc2)ncn1CC1CCN(c2nncc3ccoc23)CC1. The minimum Gasteiger partial charge on any atom is -0.460 e. The molecule has 0 amide bonds. The van der Waals surface area contributed by atoms with E-state index in [1.807, 2.05) is 18.2 Å². The van der Waals surface area contributed by atoms with Crippen molar-refractivity contribution in [1.82, 2.24) is 24.7 Å². The minimum absolute atomic E-state index is 0.0274. The fraction of sp³-hybridized carbons (Fsp3) is 0.286. The Morgan fingerprint density at radius 3 is 2.76 bits per heavy atom. The molecule has 0 radical (unpaired) electrons. The van der Waals surface area contributed by atoms with Crippen LogP contribution in [0.4, 0.5) is 5.82 Å². The van der Waals surface area contributed by atoms with Gasteiger partial charge in [0.25, 0.3) is 5.56 Å². The van der Waals surface area contributed by atoms with Crippen LogP contribution in [0.1, 0.15) is 12.8 Å². The van der Waals surface area contributed by atoms with Crippen molar-refractivity contribution in [1.29, 1.82) is 0 Å². The molecule has 4 aromatic heterocycles. The third-order valence-electron chi connectivity index (χ3n) is 5.47. The summed E-state index contributed by atoms with van der Waals surface area (Å²) in [6, 6.07) is 7.20. The Bertz CT molecular complexity index is 1180. The van der Waals surface area contributed by atoms with Crippen molar-refractivity contribution in [2.45, 2.75) is 19.4 Å². The number of hydrogen-bond donors (Lipinski definition) is 0. The number of rotatable bonds is 4. The zero-order valence-electron chi connectivity index (χ0n) is 15.8. The number of fused-ring (bicyclic) bond motifs is 1. The summed E-state index contributed by atoms with van der Waals surface area (Å²) in [6.45, 7) is 2.39. The van der Waals surface area contributed by atoms with Gasteiger partial charge in [-0.3, -0.25) is 14.3 Å². The Balaban J connectivity index is 1.26. The van der Waals surface area contributed by atoms with Crippen molar-refractivity contribution in [2.75, 3.05) is 18.0 Å². The van der Waals surface area contributed by atoms with Crippen molar-refractivity contribution >= 4 is 16.8 Å². The molecule has 4 aromatic rings. The number of piperidine rings is 1. The van der Waals surface area contributed by atoms with E-state index in [-0.39, 0.29) is 5.56 Å². The highest BCUT2D eigenvalue weighted by Crippen LogP contribution is 2.28. The van der Waals surface area contributed by atoms with Crippen molar-refractivity contribution in [3.63, 3.8) is 0 Å². The van der Waals surface area contributed by atoms with Crippen molar-refractivity contribution in [3.05, 3.63) is 65.8 Å². The Kier molecular flexibility index (Phi) is 4.51. The maximum atomic E-state index is 12.6. The molecule has 0 aromatic carbocycles. The van der Waals surface area contributed by atoms with Gasteiger partial charge in [-0.25, -0.2) is 4.98 Å². The Hall–Kier alpha value is -3.55. The number of furan rings is 1. The zero-order valence-corrected chi connectivity index (χ0v) is 15.8. The first-order chi connectivity index (χ1) is 14.3. The van der Waals surface area contributed by atoms with Crippen LogP contribution in [-0.2, 0) is 6.54 Å². The summed E-state index contributed by atoms with van der Waals surface area (Å²) in [5.74, 6) is 1.22. The maximum absolute atomic E-state index is 12.6. The lowest BCUT2D eigenvalue weighted by atomic mass is 9.96. The second-order valence-corrected chi connectivity index (χ2v) is 7.30. The van der Waals surface area contributed by atoms with E-state index in [9.17, 15) is 4.79 Å². The molecule has 0 aliphatic carbocycles. The lowest BCUT2D eigenvalue weighted by Gasteiger charge is -2.32. The summed E-state index contributed by atoms with van der Waals surface area (Å²) in [5, 5.41) is 9.32. The van der Waals surface area contributed by atoms with Crippen LogP contribution in [0.3, 0.4) is 0 Å². The molecular formula is C21H20N6O2. The maximum Gasteiger partial charge on any atom is 0.253 e. The van der Waals surface area contributed by atoms with Crippen LogP contribution in [0.15, 0.2) is 64.7 Å². The quantitative estimate of drug-likeness (QED) is 0.531. The Labute approximate surface area is 166 Å². The molecule has 5 rings (SSSR count). The molecule has 0 bridgehead atoms. The van der Waals surface area contributed by atoms with E-state index in [0.717, 1.165) is 48.3 Å². The van der Waals surface area contributed by atoms with Gasteiger partial charge in [0.1, 0.15) is 0 Å². The predicted molar refractivity (Wildman–Crippen MR) is 108 cm³/mol. The molecule has 8 nitrogen and oxygen atoms in total. The minimum atomic E-state index is -0.0274. The summed E-state index contributed by atoms with van der Waals surface area (Å²) in [6.07, 6.45) is 10.4. The van der Waals surface area contributed by atoms with E-state index < -0.39 is 0 Å². The summed E-state index contributed by atoms with van der Waals surface area (Å²) in [7, 11) is 0. The van der Waals surface area contributed by atoms with Gasteiger partial charge in [0.15, 0.2) is 11.4 Å². The predicted octanol–water partition coefficient (Wildman–Crippen LogP) is 2.76. The zero-order chi connectivity index (χ0) is 19.6. The van der Waals surface area contributed by atoms with Gasteiger partial charge in [0.05, 0.1) is 24.5 Å². The van der Waals surface area contributed by atoms with E-state index in [4.69, 9.17) is 4.42 Å². The Morgan fingerprint density at radius 2 is 1.97 bits per heavy atom. The number of anilines is 1. The molecule has 146 valence electrons. The molecule has 0 N–H and O–H groups in total. The summed E-state index contributed by atoms with van der Waals surface area (Å²) >= 11 is 0. The highest BCUT2D eigenvalue weighted by molar-refractivity contribution is 5.86. The fourth-order valence-corrected chi connectivity index (χ4v) is 3.85. The smallest absolute Gasteiger partial charge is 0.253 e. The Morgan fingerprint density at radius 1 is 1.14 bits per heavy atom. The van der Waals surface area contributed by atoms with Crippen molar-refractivity contribution in [2.24, 2.45) is 5.92 Å². The molecule has 0 atom stereocenters. The molecule has 1 aliphatic rings. The van der Waals surface area contributed by atoms with Gasteiger partial charge in [0.2, 0.25) is 0 Å². The third-order valence-corrected chi connectivity index (χ3v) is 5.47. The second-order valence-electron chi connectivity index (χ2n) is 7.30. The standard InChI is InChI=1S/C21H20N6O2/c28-19-11-18(16-1-6-22-7-2-16)23-14-27(19)13-15-3-8-26(9-4-15)21-20-17(5-10-29-20)12-24-25-21/h1-2,5-7,10-12,14-15H,3-4,8-9,13H2.